The summed E-state index contributed by atoms with van der Waals surface area (Å²) < 4.78 is 0. The zero-order valence-electron chi connectivity index (χ0n) is 11.1. The number of nitrogens with one attached hydrogen (secondary N) is 1. The molecule has 0 spiro atoms. The van der Waals surface area contributed by atoms with Gasteiger partial charge in [0.2, 0.25) is 0 Å². The molecule has 1 aromatic rings. The Hall–Kier alpha value is -0.930. The van der Waals surface area contributed by atoms with Gasteiger partial charge in [-0.15, -0.1) is 0 Å². The number of aromatic nitrogens is 1. The van der Waals surface area contributed by atoms with Crippen LogP contribution in [0.5, 0.6) is 0 Å². The molecule has 0 saturated carbocycles. The predicted octanol–water partition coefficient (Wildman–Crippen LogP) is 1.96. The molecule has 17 heavy (non-hydrogen) atoms. The molecule has 1 aromatic heterocycles. The average molecular weight is 233 g/mol. The summed E-state index contributed by atoms with van der Waals surface area (Å²) in [4.78, 5) is 6.66. The van der Waals surface area contributed by atoms with Gasteiger partial charge in [-0.05, 0) is 51.4 Å². The topological polar surface area (TPSA) is 28.2 Å². The Bertz CT molecular complexity index is 364. The fourth-order valence-corrected chi connectivity index (χ4v) is 2.45. The smallest absolute Gasteiger partial charge is 0.0313 e. The summed E-state index contributed by atoms with van der Waals surface area (Å²) in [6.07, 6.45) is 6.36. The first-order valence-corrected chi connectivity index (χ1v) is 6.49. The lowest BCUT2D eigenvalue weighted by Gasteiger charge is -2.35. The second-order valence-electron chi connectivity index (χ2n) is 5.30. The van der Waals surface area contributed by atoms with Crippen LogP contribution in [0.2, 0.25) is 0 Å². The van der Waals surface area contributed by atoms with E-state index >= 15 is 0 Å². The van der Waals surface area contributed by atoms with E-state index in [-0.39, 0.29) is 0 Å². The van der Waals surface area contributed by atoms with E-state index < -0.39 is 0 Å². The minimum absolute atomic E-state index is 0.654. The largest absolute Gasteiger partial charge is 0.310 e. The Balaban J connectivity index is 1.82. The van der Waals surface area contributed by atoms with E-state index in [1.54, 1.807) is 0 Å². The lowest BCUT2D eigenvalue weighted by Crippen LogP contribution is -2.45. The molecule has 2 rings (SSSR count). The van der Waals surface area contributed by atoms with Gasteiger partial charge in [0.05, 0.1) is 0 Å². The zero-order valence-corrected chi connectivity index (χ0v) is 11.1. The molecule has 1 aliphatic rings. The van der Waals surface area contributed by atoms with Gasteiger partial charge < -0.3 is 10.2 Å². The number of hydrogen-bond acceptors (Lipinski definition) is 3. The normalized spacial score (nSPS) is 26.1. The summed E-state index contributed by atoms with van der Waals surface area (Å²) in [6.45, 7) is 6.54. The first kappa shape index (κ1) is 12.5. The molecule has 2 heterocycles. The van der Waals surface area contributed by atoms with Crippen LogP contribution in [0.4, 0.5) is 0 Å². The van der Waals surface area contributed by atoms with E-state index in [4.69, 9.17) is 0 Å². The van der Waals surface area contributed by atoms with Crippen molar-refractivity contribution in [2.24, 2.45) is 0 Å². The van der Waals surface area contributed by atoms with Gasteiger partial charge in [-0.1, -0.05) is 6.07 Å². The van der Waals surface area contributed by atoms with Crippen molar-refractivity contribution >= 4 is 0 Å². The highest BCUT2D eigenvalue weighted by Gasteiger charge is 2.21. The maximum atomic E-state index is 4.23. The summed E-state index contributed by atoms with van der Waals surface area (Å²) in [6, 6.07) is 3.55. The number of hydrogen-bond donors (Lipinski definition) is 1. The lowest BCUT2D eigenvalue weighted by atomic mass is 9.99. The zero-order chi connectivity index (χ0) is 12.3. The Labute approximate surface area is 104 Å². The fraction of sp³-hybridized carbons (Fsp3) is 0.643. The molecule has 1 aliphatic heterocycles. The molecule has 1 fully saturated rings. The predicted molar refractivity (Wildman–Crippen MR) is 70.9 cm³/mol. The monoisotopic (exact) mass is 233 g/mol. The molecule has 1 N–H and O–H groups in total. The molecule has 0 amide bonds. The maximum Gasteiger partial charge on any atom is 0.0313 e. The number of piperidine rings is 1. The van der Waals surface area contributed by atoms with Gasteiger partial charge in [0, 0.05) is 31.0 Å². The van der Waals surface area contributed by atoms with Crippen molar-refractivity contribution in [3.05, 3.63) is 29.6 Å². The Morgan fingerprint density at radius 3 is 3.00 bits per heavy atom. The second kappa shape index (κ2) is 5.61. The third kappa shape index (κ3) is 3.51. The molecule has 94 valence electrons. The van der Waals surface area contributed by atoms with Crippen LogP contribution in [0.15, 0.2) is 18.5 Å². The van der Waals surface area contributed by atoms with E-state index in [0.29, 0.717) is 12.1 Å². The number of nitrogens with zero attached hydrogens (tertiary/aromatic N) is 2. The van der Waals surface area contributed by atoms with Crippen molar-refractivity contribution < 1.29 is 0 Å². The van der Waals surface area contributed by atoms with Crippen molar-refractivity contribution in [3.63, 3.8) is 0 Å². The second-order valence-corrected chi connectivity index (χ2v) is 5.30. The first-order valence-electron chi connectivity index (χ1n) is 6.49. The Morgan fingerprint density at radius 1 is 1.47 bits per heavy atom. The molecule has 1 saturated heterocycles. The van der Waals surface area contributed by atoms with Gasteiger partial charge in [0.25, 0.3) is 0 Å². The van der Waals surface area contributed by atoms with E-state index in [9.17, 15) is 0 Å². The van der Waals surface area contributed by atoms with Gasteiger partial charge >= 0.3 is 0 Å². The van der Waals surface area contributed by atoms with Crippen molar-refractivity contribution in [3.8, 4) is 0 Å². The molecule has 3 heteroatoms. The van der Waals surface area contributed by atoms with E-state index in [1.165, 1.54) is 30.5 Å². The van der Waals surface area contributed by atoms with Gasteiger partial charge in [-0.25, -0.2) is 0 Å². The maximum absolute atomic E-state index is 4.23. The quantitative estimate of drug-likeness (QED) is 0.865. The van der Waals surface area contributed by atoms with E-state index in [2.05, 4.69) is 42.2 Å². The molecule has 3 nitrogen and oxygen atoms in total. The Morgan fingerprint density at radius 2 is 2.29 bits per heavy atom. The summed E-state index contributed by atoms with van der Waals surface area (Å²) in [5, 5.41) is 3.65. The van der Waals surface area contributed by atoms with E-state index in [1.807, 2.05) is 12.4 Å². The highest BCUT2D eigenvalue weighted by atomic mass is 15.1. The van der Waals surface area contributed by atoms with Crippen molar-refractivity contribution in [1.82, 2.24) is 15.2 Å². The van der Waals surface area contributed by atoms with Crippen LogP contribution < -0.4 is 5.32 Å². The molecular formula is C14H23N3. The van der Waals surface area contributed by atoms with Crippen molar-refractivity contribution in [2.45, 2.75) is 45.3 Å². The SMILES string of the molecule is Cc1cncc(CNC2CCN(C)C(C)C2)c1. The molecule has 2 atom stereocenters. The minimum atomic E-state index is 0.654. The fourth-order valence-electron chi connectivity index (χ4n) is 2.45. The number of pyridine rings is 1. The summed E-state index contributed by atoms with van der Waals surface area (Å²) >= 11 is 0. The van der Waals surface area contributed by atoms with Gasteiger partial charge in [0.15, 0.2) is 0 Å². The standard InChI is InChI=1S/C14H23N3/c1-11-6-13(9-15-8-11)10-16-14-4-5-17(3)12(2)7-14/h6,8-9,12,14,16H,4-5,7,10H2,1-3H3. The van der Waals surface area contributed by atoms with Crippen molar-refractivity contribution in [1.29, 1.82) is 0 Å². The van der Waals surface area contributed by atoms with Gasteiger partial charge in [-0.2, -0.15) is 0 Å². The van der Waals surface area contributed by atoms with Crippen LogP contribution in [0.1, 0.15) is 30.9 Å². The third-order valence-corrected chi connectivity index (χ3v) is 3.73. The highest BCUT2D eigenvalue weighted by molar-refractivity contribution is 5.16. The van der Waals surface area contributed by atoms with E-state index in [0.717, 1.165) is 6.54 Å². The van der Waals surface area contributed by atoms with Crippen LogP contribution in [-0.2, 0) is 6.54 Å². The van der Waals surface area contributed by atoms with Crippen LogP contribution >= 0.6 is 0 Å². The average Bonchev–Trinajstić information content (AvgIpc) is 2.31. The lowest BCUT2D eigenvalue weighted by molar-refractivity contribution is 0.168. The van der Waals surface area contributed by atoms with Crippen LogP contribution in [0.25, 0.3) is 0 Å². The number of aryl methyl sites for hydroxylation is 1. The molecule has 0 aliphatic carbocycles. The first-order chi connectivity index (χ1) is 8.15. The molecule has 0 bridgehead atoms. The van der Waals surface area contributed by atoms with Crippen molar-refractivity contribution in [2.75, 3.05) is 13.6 Å². The highest BCUT2D eigenvalue weighted by Crippen LogP contribution is 2.15. The van der Waals surface area contributed by atoms with Gasteiger partial charge in [-0.3, -0.25) is 4.98 Å². The third-order valence-electron chi connectivity index (χ3n) is 3.73. The Kier molecular flexibility index (Phi) is 4.13. The summed E-state index contributed by atoms with van der Waals surface area (Å²) in [5.74, 6) is 0. The molecule has 2 unspecified atom stereocenters. The summed E-state index contributed by atoms with van der Waals surface area (Å²) in [7, 11) is 2.21. The van der Waals surface area contributed by atoms with Crippen LogP contribution in [0.3, 0.4) is 0 Å². The van der Waals surface area contributed by atoms with Crippen LogP contribution in [-0.4, -0.2) is 35.6 Å². The molecule has 0 aromatic carbocycles. The minimum Gasteiger partial charge on any atom is -0.310 e. The number of rotatable bonds is 3. The molecular weight excluding hydrogens is 210 g/mol. The number of likely N-dealkylation sites (tertiary alicyclic amines) is 1. The van der Waals surface area contributed by atoms with Gasteiger partial charge in [0.1, 0.15) is 0 Å². The summed E-state index contributed by atoms with van der Waals surface area (Å²) in [5.41, 5.74) is 2.53. The van der Waals surface area contributed by atoms with Crippen LogP contribution in [0, 0.1) is 6.92 Å². The molecule has 0 radical (unpaired) electrons.